The zero-order valence-electron chi connectivity index (χ0n) is 36.0. The van der Waals surface area contributed by atoms with Crippen molar-refractivity contribution in [1.82, 2.24) is 0 Å². The Morgan fingerprint density at radius 2 is 0.965 bits per heavy atom. The third-order valence-electron chi connectivity index (χ3n) is 9.08. The molecule has 10 heteroatoms. The zero-order chi connectivity index (χ0) is 41.8. The summed E-state index contributed by atoms with van der Waals surface area (Å²) in [5.74, 6) is -0.875. The van der Waals surface area contributed by atoms with Crippen LogP contribution in [-0.2, 0) is 32.7 Å². The first-order valence-corrected chi connectivity index (χ1v) is 23.9. The van der Waals surface area contributed by atoms with Crippen LogP contribution in [0.2, 0.25) is 0 Å². The minimum absolute atomic E-state index is 0.0446. The number of hydrogen-bond donors (Lipinski definition) is 2. The number of carbonyl (C=O) groups excluding carboxylic acids is 2. The van der Waals surface area contributed by atoms with Crippen LogP contribution in [0.5, 0.6) is 0 Å². The standard InChI is InChI=1S/C47H82NO8P/c1-3-5-7-9-11-13-15-17-19-21-22-24-25-27-29-31-33-35-37-39-46(49)53-43-45(44-55-57(51,52)54-42-41-48)56-47(50)40-38-36-34-32-30-28-26-23-20-18-16-14-12-10-8-6-4-2/h5,7,11,13,17-20,22,24,27,29,45H,3-4,6,8-10,12,14-16,21,23,25-26,28,30-44,48H2,1-2H3,(H,51,52)/t45-/m1/s1. The molecule has 9 nitrogen and oxygen atoms in total. The summed E-state index contributed by atoms with van der Waals surface area (Å²) in [7, 11) is -4.39. The Kier molecular flexibility index (Phi) is 41.1. The SMILES string of the molecule is CCC=CCC=CCC=CCC=CCC=CCCCCCC(=O)OC[C@H](COP(=O)(O)OCCN)OC(=O)CCCCCCCCCC=CCCCCCCCC. The summed E-state index contributed by atoms with van der Waals surface area (Å²) in [5.41, 5.74) is 5.35. The van der Waals surface area contributed by atoms with E-state index in [1.54, 1.807) is 0 Å². The van der Waals surface area contributed by atoms with Gasteiger partial charge in [-0.2, -0.15) is 0 Å². The maximum absolute atomic E-state index is 12.6. The lowest BCUT2D eigenvalue weighted by Gasteiger charge is -2.19. The van der Waals surface area contributed by atoms with E-state index < -0.39 is 32.5 Å². The first-order chi connectivity index (χ1) is 27.8. The van der Waals surface area contributed by atoms with E-state index in [0.29, 0.717) is 12.8 Å². The van der Waals surface area contributed by atoms with Crippen molar-refractivity contribution in [2.45, 2.75) is 187 Å². The fourth-order valence-electron chi connectivity index (χ4n) is 5.77. The van der Waals surface area contributed by atoms with Crippen molar-refractivity contribution < 1.29 is 37.6 Å². The Hall–Kier alpha value is -2.55. The number of hydrogen-bond acceptors (Lipinski definition) is 8. The highest BCUT2D eigenvalue weighted by atomic mass is 31.2. The molecule has 0 spiro atoms. The second-order valence-corrected chi connectivity index (χ2v) is 16.0. The lowest BCUT2D eigenvalue weighted by Crippen LogP contribution is -2.29. The predicted octanol–water partition coefficient (Wildman–Crippen LogP) is 13.1. The Morgan fingerprint density at radius 1 is 0.544 bits per heavy atom. The van der Waals surface area contributed by atoms with Gasteiger partial charge in [0.15, 0.2) is 6.10 Å². The Bertz CT molecular complexity index is 1160. The molecule has 0 bridgehead atoms. The van der Waals surface area contributed by atoms with Gasteiger partial charge in [0, 0.05) is 19.4 Å². The van der Waals surface area contributed by atoms with Crippen LogP contribution >= 0.6 is 7.82 Å². The van der Waals surface area contributed by atoms with Gasteiger partial charge in [-0.15, -0.1) is 0 Å². The summed E-state index contributed by atoms with van der Waals surface area (Å²) < 4.78 is 32.8. The van der Waals surface area contributed by atoms with Gasteiger partial charge in [-0.3, -0.25) is 18.6 Å². The molecule has 0 amide bonds. The summed E-state index contributed by atoms with van der Waals surface area (Å²) >= 11 is 0. The molecule has 0 saturated heterocycles. The van der Waals surface area contributed by atoms with Gasteiger partial charge >= 0.3 is 19.8 Å². The van der Waals surface area contributed by atoms with E-state index in [1.807, 2.05) is 0 Å². The smallest absolute Gasteiger partial charge is 0.462 e. The van der Waals surface area contributed by atoms with Gasteiger partial charge in [0.25, 0.3) is 0 Å². The van der Waals surface area contributed by atoms with Gasteiger partial charge in [0.2, 0.25) is 0 Å². The van der Waals surface area contributed by atoms with Crippen LogP contribution in [0.15, 0.2) is 72.9 Å². The van der Waals surface area contributed by atoms with Crippen molar-refractivity contribution in [1.29, 1.82) is 0 Å². The van der Waals surface area contributed by atoms with Crippen molar-refractivity contribution in [3.63, 3.8) is 0 Å². The van der Waals surface area contributed by atoms with Crippen LogP contribution in [0, 0.1) is 0 Å². The van der Waals surface area contributed by atoms with E-state index in [1.165, 1.54) is 64.2 Å². The van der Waals surface area contributed by atoms with Crippen molar-refractivity contribution in [2.75, 3.05) is 26.4 Å². The molecular weight excluding hydrogens is 737 g/mol. The first-order valence-electron chi connectivity index (χ1n) is 22.4. The van der Waals surface area contributed by atoms with Crippen LogP contribution < -0.4 is 5.73 Å². The van der Waals surface area contributed by atoms with E-state index in [0.717, 1.165) is 77.0 Å². The molecule has 57 heavy (non-hydrogen) atoms. The van der Waals surface area contributed by atoms with E-state index in [-0.39, 0.29) is 32.6 Å². The molecule has 0 aliphatic rings. The van der Waals surface area contributed by atoms with Gasteiger partial charge in [-0.25, -0.2) is 4.57 Å². The molecular formula is C47H82NO8P. The molecule has 0 aromatic carbocycles. The second kappa shape index (κ2) is 43.0. The molecule has 0 aromatic rings. The fourth-order valence-corrected chi connectivity index (χ4v) is 6.54. The number of unbranched alkanes of at least 4 members (excludes halogenated alkanes) is 16. The highest BCUT2D eigenvalue weighted by Gasteiger charge is 2.26. The number of allylic oxidation sites excluding steroid dienone is 12. The quantitative estimate of drug-likeness (QED) is 0.0267. The zero-order valence-corrected chi connectivity index (χ0v) is 36.9. The molecule has 0 aliphatic carbocycles. The van der Waals surface area contributed by atoms with Gasteiger partial charge in [-0.1, -0.05) is 157 Å². The predicted molar refractivity (Wildman–Crippen MR) is 238 cm³/mol. The Balaban J connectivity index is 4.22. The monoisotopic (exact) mass is 820 g/mol. The third kappa shape index (κ3) is 42.9. The van der Waals surface area contributed by atoms with E-state index in [2.05, 4.69) is 86.8 Å². The van der Waals surface area contributed by atoms with Crippen LogP contribution in [0.4, 0.5) is 0 Å². The summed E-state index contributed by atoms with van der Waals surface area (Å²) in [4.78, 5) is 34.9. The van der Waals surface area contributed by atoms with Gasteiger partial charge < -0.3 is 20.1 Å². The minimum Gasteiger partial charge on any atom is -0.462 e. The summed E-state index contributed by atoms with van der Waals surface area (Å²) in [6.07, 6.45) is 52.1. The molecule has 0 aromatic heterocycles. The normalized spacial score (nSPS) is 14.0. The molecule has 1 unspecified atom stereocenters. The average molecular weight is 820 g/mol. The number of rotatable bonds is 41. The molecule has 0 aliphatic heterocycles. The molecule has 328 valence electrons. The third-order valence-corrected chi connectivity index (χ3v) is 10.1. The molecule has 0 radical (unpaired) electrons. The number of carbonyl (C=O) groups is 2. The van der Waals surface area contributed by atoms with Crippen LogP contribution in [0.3, 0.4) is 0 Å². The van der Waals surface area contributed by atoms with Crippen molar-refractivity contribution in [2.24, 2.45) is 5.73 Å². The van der Waals surface area contributed by atoms with Crippen molar-refractivity contribution in [3.8, 4) is 0 Å². The van der Waals surface area contributed by atoms with E-state index in [4.69, 9.17) is 24.3 Å². The van der Waals surface area contributed by atoms with Crippen molar-refractivity contribution >= 4 is 19.8 Å². The summed E-state index contributed by atoms with van der Waals surface area (Å²) in [6, 6.07) is 0. The average Bonchev–Trinajstić information content (AvgIpc) is 3.20. The fraction of sp³-hybridized carbons (Fsp3) is 0.702. The highest BCUT2D eigenvalue weighted by Crippen LogP contribution is 2.43. The number of nitrogens with two attached hydrogens (primary N) is 1. The molecule has 0 heterocycles. The molecule has 0 rings (SSSR count). The lowest BCUT2D eigenvalue weighted by atomic mass is 10.1. The molecule has 0 fully saturated rings. The second-order valence-electron chi connectivity index (χ2n) is 14.5. The topological polar surface area (TPSA) is 134 Å². The van der Waals surface area contributed by atoms with E-state index >= 15 is 0 Å². The first kappa shape index (κ1) is 54.5. The Labute approximate surface area is 348 Å². The number of phosphoric ester groups is 1. The molecule has 3 N–H and O–H groups in total. The maximum Gasteiger partial charge on any atom is 0.472 e. The number of phosphoric acid groups is 1. The van der Waals surface area contributed by atoms with Crippen LogP contribution in [-0.4, -0.2) is 49.3 Å². The number of esters is 2. The highest BCUT2D eigenvalue weighted by molar-refractivity contribution is 7.47. The maximum atomic E-state index is 12.6. The Morgan fingerprint density at radius 3 is 1.47 bits per heavy atom. The van der Waals surface area contributed by atoms with Crippen molar-refractivity contribution in [3.05, 3.63) is 72.9 Å². The summed E-state index contributed by atoms with van der Waals surface area (Å²) in [5, 5.41) is 0. The van der Waals surface area contributed by atoms with Gasteiger partial charge in [0.05, 0.1) is 13.2 Å². The lowest BCUT2D eigenvalue weighted by molar-refractivity contribution is -0.161. The van der Waals surface area contributed by atoms with Crippen LogP contribution in [0.25, 0.3) is 0 Å². The number of ether oxygens (including phenoxy) is 2. The van der Waals surface area contributed by atoms with Gasteiger partial charge in [-0.05, 0) is 83.5 Å². The molecule has 2 atom stereocenters. The largest absolute Gasteiger partial charge is 0.472 e. The summed E-state index contributed by atoms with van der Waals surface area (Å²) in [6.45, 7) is 3.56. The van der Waals surface area contributed by atoms with Crippen LogP contribution in [0.1, 0.15) is 181 Å². The minimum atomic E-state index is -4.39. The molecule has 0 saturated carbocycles. The van der Waals surface area contributed by atoms with E-state index in [9.17, 15) is 19.0 Å². The van der Waals surface area contributed by atoms with Gasteiger partial charge in [0.1, 0.15) is 6.61 Å².